The lowest BCUT2D eigenvalue weighted by Gasteiger charge is -2.04. The fraction of sp³-hybridized carbons (Fsp3) is 0.250. The number of hydrogen-bond donors (Lipinski definition) is 1. The van der Waals surface area contributed by atoms with Crippen LogP contribution in [0, 0.1) is 13.8 Å². The van der Waals surface area contributed by atoms with Crippen molar-refractivity contribution in [2.45, 2.75) is 13.8 Å². The van der Waals surface area contributed by atoms with Crippen LogP contribution < -0.4 is 0 Å². The van der Waals surface area contributed by atoms with Crippen molar-refractivity contribution in [2.75, 3.05) is 0 Å². The third-order valence-corrected chi connectivity index (χ3v) is 2.34. The number of rotatable bonds is 1. The number of carboxylic acid groups (broad SMARTS) is 1. The van der Waals surface area contributed by atoms with E-state index in [9.17, 15) is 4.79 Å². The molecule has 12 heavy (non-hydrogen) atoms. The molecule has 1 N–H and O–H groups in total. The Hall–Kier alpha value is -0.900. The molecule has 0 spiro atoms. The number of aromatic nitrogens is 1. The summed E-state index contributed by atoms with van der Waals surface area (Å²) >= 11 is 3.14. The summed E-state index contributed by atoms with van der Waals surface area (Å²) in [4.78, 5) is 14.7. The van der Waals surface area contributed by atoms with E-state index in [1.54, 1.807) is 13.8 Å². The van der Waals surface area contributed by atoms with Crippen LogP contribution in [0.15, 0.2) is 10.7 Å². The molecule has 0 aliphatic carbocycles. The van der Waals surface area contributed by atoms with Gasteiger partial charge in [-0.05, 0) is 35.3 Å². The zero-order valence-electron chi connectivity index (χ0n) is 6.76. The molecule has 1 aromatic rings. The largest absolute Gasteiger partial charge is 0.478 e. The molecular weight excluding hydrogens is 222 g/mol. The van der Waals surface area contributed by atoms with Crippen LogP contribution in [-0.4, -0.2) is 16.1 Å². The zero-order valence-corrected chi connectivity index (χ0v) is 8.34. The quantitative estimate of drug-likeness (QED) is 0.804. The molecule has 0 radical (unpaired) electrons. The molecule has 0 aromatic carbocycles. The summed E-state index contributed by atoms with van der Waals surface area (Å²) in [6, 6.07) is 0. The molecule has 0 fully saturated rings. The topological polar surface area (TPSA) is 50.2 Å². The lowest BCUT2D eigenvalue weighted by Crippen LogP contribution is -2.03. The average molecular weight is 230 g/mol. The molecule has 0 amide bonds. The minimum atomic E-state index is -0.926. The van der Waals surface area contributed by atoms with Crippen molar-refractivity contribution in [2.24, 2.45) is 0 Å². The molecule has 1 rings (SSSR count). The number of hydrogen-bond acceptors (Lipinski definition) is 2. The highest BCUT2D eigenvalue weighted by Crippen LogP contribution is 2.20. The number of aromatic carboxylic acids is 1. The first kappa shape index (κ1) is 9.19. The van der Waals surface area contributed by atoms with Gasteiger partial charge in [-0.2, -0.15) is 0 Å². The normalized spacial score (nSPS) is 9.92. The van der Waals surface area contributed by atoms with Crippen LogP contribution in [0.2, 0.25) is 0 Å². The number of nitrogens with zero attached hydrogens (tertiary/aromatic N) is 1. The van der Waals surface area contributed by atoms with Crippen molar-refractivity contribution >= 4 is 21.9 Å². The first-order valence-corrected chi connectivity index (χ1v) is 4.18. The second kappa shape index (κ2) is 3.23. The lowest BCUT2D eigenvalue weighted by molar-refractivity contribution is 0.0695. The molecule has 0 unspecified atom stereocenters. The van der Waals surface area contributed by atoms with E-state index in [1.165, 1.54) is 6.20 Å². The van der Waals surface area contributed by atoms with Gasteiger partial charge in [-0.3, -0.25) is 4.98 Å². The molecule has 0 aliphatic heterocycles. The Balaban J connectivity index is 3.43. The highest BCUT2D eigenvalue weighted by atomic mass is 79.9. The lowest BCUT2D eigenvalue weighted by atomic mass is 10.1. The van der Waals surface area contributed by atoms with Crippen LogP contribution in [0.5, 0.6) is 0 Å². The third-order valence-electron chi connectivity index (χ3n) is 1.74. The number of carbonyl (C=O) groups is 1. The van der Waals surface area contributed by atoms with E-state index in [2.05, 4.69) is 20.9 Å². The van der Waals surface area contributed by atoms with Crippen LogP contribution in [0.4, 0.5) is 0 Å². The molecule has 0 atom stereocenters. The van der Waals surface area contributed by atoms with E-state index in [4.69, 9.17) is 5.11 Å². The SMILES string of the molecule is Cc1ncc(Br)c(C(=O)O)c1C. The first-order valence-electron chi connectivity index (χ1n) is 3.39. The molecule has 0 saturated heterocycles. The molecule has 1 heterocycles. The molecule has 4 heteroatoms. The van der Waals surface area contributed by atoms with Crippen LogP contribution in [0.1, 0.15) is 21.6 Å². The smallest absolute Gasteiger partial charge is 0.337 e. The molecule has 1 aromatic heterocycles. The van der Waals surface area contributed by atoms with Crippen molar-refractivity contribution in [1.82, 2.24) is 4.98 Å². The van der Waals surface area contributed by atoms with Gasteiger partial charge in [0.25, 0.3) is 0 Å². The average Bonchev–Trinajstić information content (AvgIpc) is 1.97. The summed E-state index contributed by atoms with van der Waals surface area (Å²) in [5, 5.41) is 8.81. The fourth-order valence-corrected chi connectivity index (χ4v) is 1.51. The Morgan fingerprint density at radius 3 is 2.58 bits per heavy atom. The number of aryl methyl sites for hydroxylation is 1. The second-order valence-corrected chi connectivity index (χ2v) is 3.35. The Morgan fingerprint density at radius 2 is 2.17 bits per heavy atom. The van der Waals surface area contributed by atoms with Gasteiger partial charge in [-0.1, -0.05) is 0 Å². The second-order valence-electron chi connectivity index (χ2n) is 2.50. The maximum Gasteiger partial charge on any atom is 0.337 e. The van der Waals surface area contributed by atoms with Crippen molar-refractivity contribution in [1.29, 1.82) is 0 Å². The third kappa shape index (κ3) is 1.48. The van der Waals surface area contributed by atoms with E-state index >= 15 is 0 Å². The summed E-state index contributed by atoms with van der Waals surface area (Å²) < 4.78 is 0.526. The Labute approximate surface area is 78.6 Å². The van der Waals surface area contributed by atoms with Crippen LogP contribution in [0.3, 0.4) is 0 Å². The van der Waals surface area contributed by atoms with Crippen LogP contribution in [0.25, 0.3) is 0 Å². The molecule has 0 bridgehead atoms. The summed E-state index contributed by atoms with van der Waals surface area (Å²) in [7, 11) is 0. The van der Waals surface area contributed by atoms with E-state index in [0.717, 1.165) is 5.69 Å². The van der Waals surface area contributed by atoms with Gasteiger partial charge in [0.05, 0.1) is 10.0 Å². The molecule has 0 saturated carbocycles. The predicted molar refractivity (Wildman–Crippen MR) is 48.4 cm³/mol. The van der Waals surface area contributed by atoms with Gasteiger partial charge in [0, 0.05) is 11.9 Å². The maximum atomic E-state index is 10.7. The van der Waals surface area contributed by atoms with Crippen molar-refractivity contribution in [3.63, 3.8) is 0 Å². The molecule has 64 valence electrons. The van der Waals surface area contributed by atoms with E-state index in [1.807, 2.05) is 0 Å². The molecule has 0 aliphatic rings. The van der Waals surface area contributed by atoms with Gasteiger partial charge in [0.2, 0.25) is 0 Å². The maximum absolute atomic E-state index is 10.7. The zero-order chi connectivity index (χ0) is 9.30. The number of carboxylic acids is 1. The number of pyridine rings is 1. The van der Waals surface area contributed by atoms with Gasteiger partial charge in [0.1, 0.15) is 0 Å². The minimum absolute atomic E-state index is 0.294. The van der Waals surface area contributed by atoms with Gasteiger partial charge in [-0.15, -0.1) is 0 Å². The van der Waals surface area contributed by atoms with Crippen LogP contribution in [-0.2, 0) is 0 Å². The highest BCUT2D eigenvalue weighted by Gasteiger charge is 2.13. The Bertz CT molecular complexity index is 336. The van der Waals surface area contributed by atoms with Gasteiger partial charge < -0.3 is 5.11 Å². The summed E-state index contributed by atoms with van der Waals surface area (Å²) in [5.41, 5.74) is 1.75. The van der Waals surface area contributed by atoms with Crippen LogP contribution >= 0.6 is 15.9 Å². The fourth-order valence-electron chi connectivity index (χ4n) is 0.937. The monoisotopic (exact) mass is 229 g/mol. The number of halogens is 1. The summed E-state index contributed by atoms with van der Waals surface area (Å²) in [6.45, 7) is 3.53. The summed E-state index contributed by atoms with van der Waals surface area (Å²) in [5.74, 6) is -0.926. The summed E-state index contributed by atoms with van der Waals surface area (Å²) in [6.07, 6.45) is 1.51. The van der Waals surface area contributed by atoms with E-state index in [0.29, 0.717) is 15.6 Å². The molecular formula is C8H8BrNO2. The standard InChI is InChI=1S/C8H8BrNO2/c1-4-5(2)10-3-6(9)7(4)8(11)12/h3H,1-2H3,(H,11,12). The van der Waals surface area contributed by atoms with Gasteiger partial charge >= 0.3 is 5.97 Å². The van der Waals surface area contributed by atoms with Crippen molar-refractivity contribution in [3.8, 4) is 0 Å². The minimum Gasteiger partial charge on any atom is -0.478 e. The first-order chi connectivity index (χ1) is 5.54. The predicted octanol–water partition coefficient (Wildman–Crippen LogP) is 2.16. The Kier molecular flexibility index (Phi) is 2.47. The molecule has 3 nitrogen and oxygen atoms in total. The van der Waals surface area contributed by atoms with E-state index < -0.39 is 5.97 Å². The van der Waals surface area contributed by atoms with E-state index in [-0.39, 0.29) is 0 Å². The highest BCUT2D eigenvalue weighted by molar-refractivity contribution is 9.10. The Morgan fingerprint density at radius 1 is 1.58 bits per heavy atom. The van der Waals surface area contributed by atoms with Gasteiger partial charge in [0.15, 0.2) is 0 Å². The van der Waals surface area contributed by atoms with Gasteiger partial charge in [-0.25, -0.2) is 4.79 Å². The van der Waals surface area contributed by atoms with Crippen molar-refractivity contribution < 1.29 is 9.90 Å². The van der Waals surface area contributed by atoms with Crippen molar-refractivity contribution in [3.05, 3.63) is 27.5 Å².